The standard InChI is InChI=1S/C18H16N4O4/c1-11-3-5-13(6-4-11)21-18(24)15(12(2)20-21)10-19-16-9-14(22(25)26)7-8-17(16)23/h3-10,20,23H,1-2H3. The number of benzene rings is 2. The van der Waals surface area contributed by atoms with Crippen LogP contribution < -0.4 is 5.56 Å². The van der Waals surface area contributed by atoms with E-state index in [9.17, 15) is 20.0 Å². The fourth-order valence-electron chi connectivity index (χ4n) is 2.45. The van der Waals surface area contributed by atoms with Crippen molar-refractivity contribution in [3.8, 4) is 11.4 Å². The van der Waals surface area contributed by atoms with Gasteiger partial charge in [-0.25, -0.2) is 4.68 Å². The van der Waals surface area contributed by atoms with Crippen molar-refractivity contribution in [1.29, 1.82) is 0 Å². The summed E-state index contributed by atoms with van der Waals surface area (Å²) >= 11 is 0. The zero-order chi connectivity index (χ0) is 18.8. The number of aromatic hydroxyl groups is 1. The number of aromatic amines is 1. The number of nitro groups is 1. The molecule has 8 heteroatoms. The largest absolute Gasteiger partial charge is 0.506 e. The first kappa shape index (κ1) is 17.2. The number of non-ortho nitro benzene ring substituents is 1. The molecule has 0 unspecified atom stereocenters. The van der Waals surface area contributed by atoms with E-state index in [-0.39, 0.29) is 22.7 Å². The molecule has 0 amide bonds. The summed E-state index contributed by atoms with van der Waals surface area (Å²) in [4.78, 5) is 26.9. The fourth-order valence-corrected chi connectivity index (χ4v) is 2.45. The topological polar surface area (TPSA) is 114 Å². The van der Waals surface area contributed by atoms with Crippen LogP contribution in [0.3, 0.4) is 0 Å². The molecule has 0 spiro atoms. The molecule has 26 heavy (non-hydrogen) atoms. The van der Waals surface area contributed by atoms with Crippen LogP contribution in [0.5, 0.6) is 5.75 Å². The number of aromatic nitrogens is 2. The molecule has 0 radical (unpaired) electrons. The third-order valence-corrected chi connectivity index (χ3v) is 3.91. The number of rotatable bonds is 4. The van der Waals surface area contributed by atoms with E-state index >= 15 is 0 Å². The summed E-state index contributed by atoms with van der Waals surface area (Å²) in [5.74, 6) is -0.209. The van der Waals surface area contributed by atoms with E-state index in [0.717, 1.165) is 11.6 Å². The highest BCUT2D eigenvalue weighted by Crippen LogP contribution is 2.30. The molecule has 0 saturated heterocycles. The van der Waals surface area contributed by atoms with Gasteiger partial charge in [0.25, 0.3) is 11.2 Å². The van der Waals surface area contributed by atoms with Gasteiger partial charge in [-0.1, -0.05) is 17.7 Å². The first-order chi connectivity index (χ1) is 12.4. The SMILES string of the molecule is Cc1ccc(-n2[nH]c(C)c(C=Nc3cc([N+](=O)[O-])ccc3O)c2=O)cc1. The number of hydrogen-bond donors (Lipinski definition) is 2. The van der Waals surface area contributed by atoms with Crippen LogP contribution in [-0.2, 0) is 0 Å². The average Bonchev–Trinajstić information content (AvgIpc) is 2.89. The average molecular weight is 352 g/mol. The number of H-pyrrole nitrogens is 1. The number of hydrogen-bond acceptors (Lipinski definition) is 5. The van der Waals surface area contributed by atoms with Crippen molar-refractivity contribution >= 4 is 17.6 Å². The molecule has 0 aliphatic heterocycles. The minimum absolute atomic E-state index is 0.0149. The lowest BCUT2D eigenvalue weighted by molar-refractivity contribution is -0.384. The molecule has 8 nitrogen and oxygen atoms in total. The molecular formula is C18H16N4O4. The van der Waals surface area contributed by atoms with Gasteiger partial charge in [0.05, 0.1) is 16.2 Å². The molecule has 0 atom stereocenters. The lowest BCUT2D eigenvalue weighted by Crippen LogP contribution is -2.17. The lowest BCUT2D eigenvalue weighted by Gasteiger charge is -2.01. The van der Waals surface area contributed by atoms with Gasteiger partial charge in [-0.3, -0.25) is 25.0 Å². The normalized spacial score (nSPS) is 11.2. The molecular weight excluding hydrogens is 336 g/mol. The number of nitrogens with zero attached hydrogens (tertiary/aromatic N) is 3. The Kier molecular flexibility index (Phi) is 4.40. The third kappa shape index (κ3) is 3.25. The van der Waals surface area contributed by atoms with Crippen LogP contribution in [0.1, 0.15) is 16.8 Å². The second-order valence-electron chi connectivity index (χ2n) is 5.81. The molecule has 1 heterocycles. The third-order valence-electron chi connectivity index (χ3n) is 3.91. The Bertz CT molecular complexity index is 1060. The maximum Gasteiger partial charge on any atom is 0.280 e. The molecule has 2 N–H and O–H groups in total. The maximum atomic E-state index is 12.6. The summed E-state index contributed by atoms with van der Waals surface area (Å²) in [5, 5.41) is 23.6. The smallest absolute Gasteiger partial charge is 0.280 e. The first-order valence-electron chi connectivity index (χ1n) is 7.77. The van der Waals surface area contributed by atoms with E-state index in [1.54, 1.807) is 6.92 Å². The number of nitro benzene ring substituents is 1. The number of phenolic OH excluding ortho intramolecular Hbond substituents is 1. The van der Waals surface area contributed by atoms with Crippen molar-refractivity contribution in [3.05, 3.63) is 79.8 Å². The van der Waals surface area contributed by atoms with E-state index < -0.39 is 4.92 Å². The highest BCUT2D eigenvalue weighted by Gasteiger charge is 2.12. The Balaban J connectivity index is 2.00. The summed E-state index contributed by atoms with van der Waals surface area (Å²) in [6.45, 7) is 3.68. The van der Waals surface area contributed by atoms with Crippen LogP contribution in [0, 0.1) is 24.0 Å². The molecule has 3 rings (SSSR count). The highest BCUT2D eigenvalue weighted by molar-refractivity contribution is 5.84. The van der Waals surface area contributed by atoms with Crippen LogP contribution in [0.25, 0.3) is 5.69 Å². The quantitative estimate of drug-likeness (QED) is 0.426. The minimum Gasteiger partial charge on any atom is -0.506 e. The van der Waals surface area contributed by atoms with Gasteiger partial charge in [0, 0.05) is 24.0 Å². The summed E-state index contributed by atoms with van der Waals surface area (Å²) < 4.78 is 1.39. The van der Waals surface area contributed by atoms with Gasteiger partial charge in [0.1, 0.15) is 11.4 Å². The summed E-state index contributed by atoms with van der Waals surface area (Å²) in [6.07, 6.45) is 1.29. The Morgan fingerprint density at radius 2 is 1.88 bits per heavy atom. The van der Waals surface area contributed by atoms with Gasteiger partial charge < -0.3 is 5.11 Å². The van der Waals surface area contributed by atoms with Crippen LogP contribution >= 0.6 is 0 Å². The second-order valence-corrected chi connectivity index (χ2v) is 5.81. The molecule has 1 aromatic heterocycles. The monoisotopic (exact) mass is 352 g/mol. The van der Waals surface area contributed by atoms with Gasteiger partial charge in [-0.15, -0.1) is 0 Å². The van der Waals surface area contributed by atoms with Crippen LogP contribution in [0.2, 0.25) is 0 Å². The Labute approximate surface area is 148 Å². The molecule has 0 saturated carbocycles. The molecule has 0 aliphatic carbocycles. The van der Waals surface area contributed by atoms with E-state index in [4.69, 9.17) is 0 Å². The number of phenols is 1. The molecule has 132 valence electrons. The van der Waals surface area contributed by atoms with Crippen molar-refractivity contribution < 1.29 is 10.0 Å². The highest BCUT2D eigenvalue weighted by atomic mass is 16.6. The van der Waals surface area contributed by atoms with Crippen molar-refractivity contribution in [2.45, 2.75) is 13.8 Å². The number of nitrogens with one attached hydrogen (secondary N) is 1. The van der Waals surface area contributed by atoms with Crippen molar-refractivity contribution in [3.63, 3.8) is 0 Å². The van der Waals surface area contributed by atoms with Crippen molar-refractivity contribution in [2.24, 2.45) is 4.99 Å². The Hall–Kier alpha value is -3.68. The Morgan fingerprint density at radius 3 is 2.54 bits per heavy atom. The van der Waals surface area contributed by atoms with Crippen molar-refractivity contribution in [2.75, 3.05) is 0 Å². The van der Waals surface area contributed by atoms with Crippen LogP contribution in [0.15, 0.2) is 52.3 Å². The van der Waals surface area contributed by atoms with Gasteiger partial charge in [0.15, 0.2) is 0 Å². The van der Waals surface area contributed by atoms with E-state index in [1.165, 1.54) is 23.0 Å². The number of aliphatic imine (C=N–C) groups is 1. The molecule has 0 fully saturated rings. The van der Waals surface area contributed by atoms with Crippen molar-refractivity contribution in [1.82, 2.24) is 9.78 Å². The zero-order valence-corrected chi connectivity index (χ0v) is 14.1. The summed E-state index contributed by atoms with van der Waals surface area (Å²) in [6, 6.07) is 11.0. The van der Waals surface area contributed by atoms with Gasteiger partial charge in [0.2, 0.25) is 0 Å². The molecule has 2 aromatic carbocycles. The predicted octanol–water partition coefficient (Wildman–Crippen LogP) is 3.15. The van der Waals surface area contributed by atoms with Gasteiger partial charge in [-0.2, -0.15) is 0 Å². The zero-order valence-electron chi connectivity index (χ0n) is 14.1. The second kappa shape index (κ2) is 6.67. The lowest BCUT2D eigenvalue weighted by atomic mass is 10.2. The van der Waals surface area contributed by atoms with E-state index in [1.807, 2.05) is 31.2 Å². The molecule has 3 aromatic rings. The summed E-state index contributed by atoms with van der Waals surface area (Å²) in [5.41, 5.74) is 2.16. The van der Waals surface area contributed by atoms with Gasteiger partial charge in [-0.05, 0) is 32.0 Å². The fraction of sp³-hybridized carbons (Fsp3) is 0.111. The van der Waals surface area contributed by atoms with E-state index in [2.05, 4.69) is 10.1 Å². The van der Waals surface area contributed by atoms with E-state index in [0.29, 0.717) is 16.9 Å². The summed E-state index contributed by atoms with van der Waals surface area (Å²) in [7, 11) is 0. The minimum atomic E-state index is -0.579. The van der Waals surface area contributed by atoms with Crippen LogP contribution in [0.4, 0.5) is 11.4 Å². The molecule has 0 bridgehead atoms. The van der Waals surface area contributed by atoms with Crippen LogP contribution in [-0.4, -0.2) is 26.0 Å². The predicted molar refractivity (Wildman–Crippen MR) is 97.9 cm³/mol. The maximum absolute atomic E-state index is 12.6. The van der Waals surface area contributed by atoms with Gasteiger partial charge >= 0.3 is 0 Å². The molecule has 0 aliphatic rings. The number of aryl methyl sites for hydroxylation is 2. The first-order valence-corrected chi connectivity index (χ1v) is 7.77. The Morgan fingerprint density at radius 1 is 1.19 bits per heavy atom.